The average molecular weight is 298 g/mol. The summed E-state index contributed by atoms with van der Waals surface area (Å²) in [5.74, 6) is -0.383. The van der Waals surface area contributed by atoms with E-state index in [1.54, 1.807) is 4.90 Å². The molecule has 7 nitrogen and oxygen atoms in total. The molecule has 0 bridgehead atoms. The van der Waals surface area contributed by atoms with Crippen molar-refractivity contribution >= 4 is 17.7 Å². The molecule has 0 radical (unpaired) electrons. The van der Waals surface area contributed by atoms with Gasteiger partial charge in [0.05, 0.1) is 13.1 Å². The van der Waals surface area contributed by atoms with Crippen LogP contribution in [-0.2, 0) is 14.4 Å². The number of nitrogens with one attached hydrogen (secondary N) is 2. The van der Waals surface area contributed by atoms with E-state index in [0.717, 1.165) is 19.4 Å². The molecule has 0 spiro atoms. The Hall–Kier alpha value is -1.63. The monoisotopic (exact) mass is 298 g/mol. The second kappa shape index (κ2) is 9.33. The lowest BCUT2D eigenvalue weighted by Gasteiger charge is -2.31. The summed E-state index contributed by atoms with van der Waals surface area (Å²) >= 11 is 0. The predicted octanol–water partition coefficient (Wildman–Crippen LogP) is -0.784. The fraction of sp³-hybridized carbons (Fsp3) is 0.786. The van der Waals surface area contributed by atoms with Crippen molar-refractivity contribution < 1.29 is 14.4 Å². The molecule has 0 aliphatic carbocycles. The fourth-order valence-electron chi connectivity index (χ4n) is 2.28. The van der Waals surface area contributed by atoms with Crippen LogP contribution < -0.4 is 16.4 Å². The van der Waals surface area contributed by atoms with Gasteiger partial charge in [0.1, 0.15) is 0 Å². The van der Waals surface area contributed by atoms with Crippen LogP contribution >= 0.6 is 0 Å². The van der Waals surface area contributed by atoms with E-state index in [9.17, 15) is 14.4 Å². The van der Waals surface area contributed by atoms with Crippen LogP contribution in [0.3, 0.4) is 0 Å². The molecule has 1 aliphatic heterocycles. The number of piperidine rings is 1. The van der Waals surface area contributed by atoms with E-state index in [1.807, 2.05) is 0 Å². The van der Waals surface area contributed by atoms with Gasteiger partial charge >= 0.3 is 0 Å². The van der Waals surface area contributed by atoms with E-state index < -0.39 is 0 Å². The molecule has 1 saturated heterocycles. The van der Waals surface area contributed by atoms with Crippen LogP contribution in [-0.4, -0.2) is 55.3 Å². The van der Waals surface area contributed by atoms with Crippen molar-refractivity contribution in [3.05, 3.63) is 0 Å². The minimum absolute atomic E-state index is 0.00969. The van der Waals surface area contributed by atoms with Crippen molar-refractivity contribution in [2.45, 2.75) is 32.6 Å². The molecule has 4 N–H and O–H groups in total. The van der Waals surface area contributed by atoms with Crippen LogP contribution in [0.15, 0.2) is 0 Å². The third-order valence-electron chi connectivity index (χ3n) is 3.67. The molecule has 0 saturated carbocycles. The Morgan fingerprint density at radius 1 is 1.19 bits per heavy atom. The molecule has 3 amide bonds. The minimum atomic E-state index is -0.339. The Labute approximate surface area is 125 Å². The topological polar surface area (TPSA) is 105 Å². The van der Waals surface area contributed by atoms with Crippen molar-refractivity contribution in [2.24, 2.45) is 11.7 Å². The number of hydrogen-bond acceptors (Lipinski definition) is 4. The molecule has 0 unspecified atom stereocenters. The summed E-state index contributed by atoms with van der Waals surface area (Å²) in [5, 5.41) is 5.40. The van der Waals surface area contributed by atoms with Gasteiger partial charge < -0.3 is 21.3 Å². The lowest BCUT2D eigenvalue weighted by atomic mass is 9.96. The van der Waals surface area contributed by atoms with E-state index in [1.165, 1.54) is 0 Å². The van der Waals surface area contributed by atoms with E-state index in [-0.39, 0.29) is 36.7 Å². The number of hydrogen-bond donors (Lipinski definition) is 3. The molecule has 21 heavy (non-hydrogen) atoms. The van der Waals surface area contributed by atoms with Gasteiger partial charge in [-0.25, -0.2) is 0 Å². The second-order valence-electron chi connectivity index (χ2n) is 5.28. The number of likely N-dealkylation sites (tertiary alicyclic amines) is 1. The first kappa shape index (κ1) is 17.4. The van der Waals surface area contributed by atoms with E-state index in [2.05, 4.69) is 17.6 Å². The third kappa shape index (κ3) is 6.12. The summed E-state index contributed by atoms with van der Waals surface area (Å²) in [6.07, 6.45) is 3.40. The van der Waals surface area contributed by atoms with Gasteiger partial charge in [-0.3, -0.25) is 14.4 Å². The maximum absolute atomic E-state index is 11.9. The largest absolute Gasteiger partial charge is 0.356 e. The van der Waals surface area contributed by atoms with Crippen LogP contribution in [0.2, 0.25) is 0 Å². The van der Waals surface area contributed by atoms with Crippen LogP contribution in [0.4, 0.5) is 0 Å². The van der Waals surface area contributed by atoms with Gasteiger partial charge in [-0.1, -0.05) is 13.3 Å². The molecule has 0 aromatic carbocycles. The zero-order chi connectivity index (χ0) is 15.7. The minimum Gasteiger partial charge on any atom is -0.356 e. The first-order chi connectivity index (χ1) is 10.1. The molecule has 7 heteroatoms. The standard InChI is InChI=1S/C14H26N4O3/c1-2-3-6-16-14(21)11-4-7-18(8-5-11)13(20)10-17-12(19)9-15/h11H,2-10,15H2,1H3,(H,16,21)(H,17,19). The molecule has 1 fully saturated rings. The zero-order valence-corrected chi connectivity index (χ0v) is 12.7. The number of nitrogens with two attached hydrogens (primary N) is 1. The fourth-order valence-corrected chi connectivity index (χ4v) is 2.28. The summed E-state index contributed by atoms with van der Waals surface area (Å²) in [6, 6.07) is 0. The van der Waals surface area contributed by atoms with E-state index >= 15 is 0 Å². The quantitative estimate of drug-likeness (QED) is 0.536. The van der Waals surface area contributed by atoms with Crippen LogP contribution in [0.5, 0.6) is 0 Å². The molecule has 1 rings (SSSR count). The molecule has 0 aromatic rings. The summed E-state index contributed by atoms with van der Waals surface area (Å²) < 4.78 is 0. The van der Waals surface area contributed by atoms with Gasteiger partial charge in [0, 0.05) is 25.6 Å². The van der Waals surface area contributed by atoms with Crippen LogP contribution in [0, 0.1) is 5.92 Å². The lowest BCUT2D eigenvalue weighted by molar-refractivity contribution is -0.136. The highest BCUT2D eigenvalue weighted by Crippen LogP contribution is 2.17. The number of nitrogens with zero attached hydrogens (tertiary/aromatic N) is 1. The zero-order valence-electron chi connectivity index (χ0n) is 12.7. The third-order valence-corrected chi connectivity index (χ3v) is 3.67. The Kier molecular flexibility index (Phi) is 7.74. The SMILES string of the molecule is CCCCNC(=O)C1CCN(C(=O)CNC(=O)CN)CC1. The Balaban J connectivity index is 2.26. The summed E-state index contributed by atoms with van der Waals surface area (Å²) in [6.45, 7) is 3.78. The van der Waals surface area contributed by atoms with Gasteiger partial charge in [0.15, 0.2) is 0 Å². The van der Waals surface area contributed by atoms with Crippen molar-refractivity contribution in [3.63, 3.8) is 0 Å². The molecule has 1 aliphatic rings. The molecule has 120 valence electrons. The van der Waals surface area contributed by atoms with Crippen molar-refractivity contribution in [2.75, 3.05) is 32.7 Å². The predicted molar refractivity (Wildman–Crippen MR) is 79.3 cm³/mol. The highest BCUT2D eigenvalue weighted by Gasteiger charge is 2.26. The van der Waals surface area contributed by atoms with Crippen LogP contribution in [0.1, 0.15) is 32.6 Å². The summed E-state index contributed by atoms with van der Waals surface area (Å²) in [4.78, 5) is 36.5. The number of carbonyl (C=O) groups is 3. The number of carbonyl (C=O) groups excluding carboxylic acids is 3. The Morgan fingerprint density at radius 2 is 1.86 bits per heavy atom. The van der Waals surface area contributed by atoms with Crippen molar-refractivity contribution in [1.82, 2.24) is 15.5 Å². The second-order valence-corrected chi connectivity index (χ2v) is 5.28. The Bertz CT molecular complexity index is 365. The van der Waals surface area contributed by atoms with Gasteiger partial charge in [0.2, 0.25) is 17.7 Å². The summed E-state index contributed by atoms with van der Waals surface area (Å²) in [7, 11) is 0. The Morgan fingerprint density at radius 3 is 2.43 bits per heavy atom. The molecular weight excluding hydrogens is 272 g/mol. The molecule has 1 heterocycles. The average Bonchev–Trinajstić information content (AvgIpc) is 2.52. The number of rotatable bonds is 7. The van der Waals surface area contributed by atoms with Crippen molar-refractivity contribution in [1.29, 1.82) is 0 Å². The number of unbranched alkanes of at least 4 members (excludes halogenated alkanes) is 1. The number of amides is 3. The molecule has 0 atom stereocenters. The first-order valence-corrected chi connectivity index (χ1v) is 7.60. The lowest BCUT2D eigenvalue weighted by Crippen LogP contribution is -2.47. The smallest absolute Gasteiger partial charge is 0.241 e. The van der Waals surface area contributed by atoms with Gasteiger partial charge in [-0.05, 0) is 19.3 Å². The van der Waals surface area contributed by atoms with Gasteiger partial charge in [0.25, 0.3) is 0 Å². The molecule has 0 aromatic heterocycles. The van der Waals surface area contributed by atoms with Crippen LogP contribution in [0.25, 0.3) is 0 Å². The normalized spacial score (nSPS) is 15.6. The maximum Gasteiger partial charge on any atom is 0.241 e. The summed E-state index contributed by atoms with van der Waals surface area (Å²) in [5.41, 5.74) is 5.16. The van der Waals surface area contributed by atoms with Crippen molar-refractivity contribution in [3.8, 4) is 0 Å². The maximum atomic E-state index is 11.9. The first-order valence-electron chi connectivity index (χ1n) is 7.60. The van der Waals surface area contributed by atoms with E-state index in [0.29, 0.717) is 25.9 Å². The highest BCUT2D eigenvalue weighted by atomic mass is 16.2. The highest BCUT2D eigenvalue weighted by molar-refractivity contribution is 5.85. The van der Waals surface area contributed by atoms with Gasteiger partial charge in [-0.15, -0.1) is 0 Å². The van der Waals surface area contributed by atoms with E-state index in [4.69, 9.17) is 5.73 Å². The van der Waals surface area contributed by atoms with Gasteiger partial charge in [-0.2, -0.15) is 0 Å². The molecular formula is C14H26N4O3.